The third kappa shape index (κ3) is 4.21. The van der Waals surface area contributed by atoms with Crippen molar-refractivity contribution >= 4 is 13.7 Å². The van der Waals surface area contributed by atoms with Gasteiger partial charge in [0.25, 0.3) is 0 Å². The summed E-state index contributed by atoms with van der Waals surface area (Å²) in [6.07, 6.45) is 7.38. The number of nitrogens with one attached hydrogen (secondary N) is 1. The highest BCUT2D eigenvalue weighted by Gasteiger charge is 2.12. The highest BCUT2D eigenvalue weighted by Crippen LogP contribution is 2.26. The molecule has 1 N–H and O–H groups in total. The number of rotatable bonds is 7. The lowest BCUT2D eigenvalue weighted by atomic mass is 10.1. The van der Waals surface area contributed by atoms with Crippen LogP contribution < -0.4 is 0 Å². The minimum atomic E-state index is -1.05. The molecule has 3 heterocycles. The van der Waals surface area contributed by atoms with Crippen LogP contribution in [0, 0.1) is 0 Å². The van der Waals surface area contributed by atoms with Crippen LogP contribution in [0.1, 0.15) is 5.69 Å². The number of hydrogen-bond donors (Lipinski definition) is 1. The molecule has 7 heteroatoms. The standard InChI is InChI=1S/C21H25N5OSi/c1-28(2,3)12-11-27-15-18-13-23-20(25-18)17-7-5-16(6-8-17)19-14-24-26-10-4-9-22-21(19)26/h4-10,13-14H,11-12,15H2,1-3H3,(H,23,25). The summed E-state index contributed by atoms with van der Waals surface area (Å²) in [6, 6.07) is 11.3. The minimum Gasteiger partial charge on any atom is -0.375 e. The van der Waals surface area contributed by atoms with Gasteiger partial charge >= 0.3 is 0 Å². The lowest BCUT2D eigenvalue weighted by Gasteiger charge is -2.14. The third-order valence-corrected chi connectivity index (χ3v) is 6.34. The zero-order chi connectivity index (χ0) is 19.6. The summed E-state index contributed by atoms with van der Waals surface area (Å²) in [5.74, 6) is 0.855. The van der Waals surface area contributed by atoms with Crippen molar-refractivity contribution in [1.29, 1.82) is 0 Å². The maximum absolute atomic E-state index is 5.80. The molecule has 0 spiro atoms. The summed E-state index contributed by atoms with van der Waals surface area (Å²) < 4.78 is 7.58. The van der Waals surface area contributed by atoms with Crippen molar-refractivity contribution in [2.45, 2.75) is 32.3 Å². The predicted molar refractivity (Wildman–Crippen MR) is 114 cm³/mol. The molecule has 0 aliphatic heterocycles. The van der Waals surface area contributed by atoms with Crippen LogP contribution in [0.3, 0.4) is 0 Å². The average Bonchev–Trinajstić information content (AvgIpc) is 3.32. The van der Waals surface area contributed by atoms with Gasteiger partial charge < -0.3 is 9.72 Å². The van der Waals surface area contributed by atoms with Crippen LogP contribution in [-0.4, -0.2) is 39.2 Å². The Hall–Kier alpha value is -2.77. The first-order valence-electron chi connectivity index (χ1n) is 9.50. The smallest absolute Gasteiger partial charge is 0.162 e. The predicted octanol–water partition coefficient (Wildman–Crippen LogP) is 4.64. The van der Waals surface area contributed by atoms with Gasteiger partial charge in [-0.25, -0.2) is 14.5 Å². The van der Waals surface area contributed by atoms with Gasteiger partial charge in [0, 0.05) is 38.2 Å². The lowest BCUT2D eigenvalue weighted by Crippen LogP contribution is -2.21. The molecule has 28 heavy (non-hydrogen) atoms. The fraction of sp³-hybridized carbons (Fsp3) is 0.286. The molecule has 0 atom stereocenters. The summed E-state index contributed by atoms with van der Waals surface area (Å²) >= 11 is 0. The number of hydrogen-bond acceptors (Lipinski definition) is 4. The molecule has 0 aliphatic rings. The van der Waals surface area contributed by atoms with E-state index >= 15 is 0 Å². The van der Waals surface area contributed by atoms with Crippen molar-refractivity contribution in [3.63, 3.8) is 0 Å². The Kier molecular flexibility index (Phi) is 5.10. The van der Waals surface area contributed by atoms with E-state index in [1.807, 2.05) is 24.7 Å². The molecule has 4 rings (SSSR count). The summed E-state index contributed by atoms with van der Waals surface area (Å²) in [6.45, 7) is 8.46. The van der Waals surface area contributed by atoms with E-state index in [1.54, 1.807) is 10.7 Å². The van der Waals surface area contributed by atoms with Gasteiger partial charge in [-0.3, -0.25) is 0 Å². The Bertz CT molecular complexity index is 1060. The van der Waals surface area contributed by atoms with Crippen molar-refractivity contribution in [2.24, 2.45) is 0 Å². The second kappa shape index (κ2) is 7.69. The van der Waals surface area contributed by atoms with E-state index in [9.17, 15) is 0 Å². The number of nitrogens with zero attached hydrogens (tertiary/aromatic N) is 4. The van der Waals surface area contributed by atoms with Crippen LogP contribution in [0.4, 0.5) is 0 Å². The number of ether oxygens (including phenoxy) is 1. The Balaban J connectivity index is 1.44. The van der Waals surface area contributed by atoms with E-state index in [2.05, 4.69) is 64.0 Å². The van der Waals surface area contributed by atoms with Crippen molar-refractivity contribution in [2.75, 3.05) is 6.61 Å². The van der Waals surface area contributed by atoms with Crippen LogP contribution in [0.25, 0.3) is 28.2 Å². The summed E-state index contributed by atoms with van der Waals surface area (Å²) in [5.41, 5.74) is 5.00. The number of aromatic amines is 1. The first-order valence-corrected chi connectivity index (χ1v) is 13.2. The normalized spacial score (nSPS) is 12.0. The molecule has 0 fully saturated rings. The van der Waals surface area contributed by atoms with Crippen molar-refractivity contribution in [3.05, 3.63) is 60.8 Å². The minimum absolute atomic E-state index is 0.573. The van der Waals surface area contributed by atoms with E-state index in [1.165, 1.54) is 6.04 Å². The second-order valence-corrected chi connectivity index (χ2v) is 13.8. The zero-order valence-corrected chi connectivity index (χ0v) is 17.5. The molecule has 1 aromatic carbocycles. The number of aromatic nitrogens is 5. The molecular formula is C21H25N5OSi. The molecule has 0 saturated carbocycles. The van der Waals surface area contributed by atoms with E-state index in [0.717, 1.165) is 40.5 Å². The van der Waals surface area contributed by atoms with E-state index in [-0.39, 0.29) is 0 Å². The highest BCUT2D eigenvalue weighted by atomic mass is 28.3. The second-order valence-electron chi connectivity index (χ2n) is 8.14. The van der Waals surface area contributed by atoms with Gasteiger partial charge in [-0.05, 0) is 17.7 Å². The molecule has 144 valence electrons. The summed E-state index contributed by atoms with van der Waals surface area (Å²) in [7, 11) is -1.05. The van der Waals surface area contributed by atoms with Gasteiger partial charge in [-0.1, -0.05) is 43.9 Å². The molecule has 0 aliphatic carbocycles. The molecule has 0 unspecified atom stereocenters. The maximum Gasteiger partial charge on any atom is 0.162 e. The van der Waals surface area contributed by atoms with E-state index < -0.39 is 8.07 Å². The van der Waals surface area contributed by atoms with Crippen molar-refractivity contribution in [3.8, 4) is 22.5 Å². The van der Waals surface area contributed by atoms with Gasteiger partial charge in [0.15, 0.2) is 5.65 Å². The van der Waals surface area contributed by atoms with Gasteiger partial charge in [0.05, 0.1) is 24.7 Å². The fourth-order valence-corrected chi connectivity index (χ4v) is 3.73. The van der Waals surface area contributed by atoms with Crippen LogP contribution in [-0.2, 0) is 11.3 Å². The SMILES string of the molecule is C[Si](C)(C)CCOCc1cnc(-c2ccc(-c3cnn4cccnc34)cc2)[nH]1. The number of benzene rings is 1. The fourth-order valence-electron chi connectivity index (χ4n) is 2.98. The first-order chi connectivity index (χ1) is 13.5. The monoisotopic (exact) mass is 391 g/mol. The molecule has 0 bridgehead atoms. The largest absolute Gasteiger partial charge is 0.375 e. The molecular weight excluding hydrogens is 366 g/mol. The Morgan fingerprint density at radius 2 is 1.82 bits per heavy atom. The third-order valence-electron chi connectivity index (χ3n) is 4.63. The number of fused-ring (bicyclic) bond motifs is 1. The topological polar surface area (TPSA) is 68.1 Å². The summed E-state index contributed by atoms with van der Waals surface area (Å²) in [5, 5.41) is 4.35. The van der Waals surface area contributed by atoms with Gasteiger partial charge in [-0.15, -0.1) is 0 Å². The molecule has 6 nitrogen and oxygen atoms in total. The number of imidazole rings is 1. The Morgan fingerprint density at radius 1 is 1.04 bits per heavy atom. The van der Waals surface area contributed by atoms with Gasteiger partial charge in [0.1, 0.15) is 5.82 Å². The quantitative estimate of drug-likeness (QED) is 0.368. The van der Waals surface area contributed by atoms with Gasteiger partial charge in [0.2, 0.25) is 0 Å². The zero-order valence-electron chi connectivity index (χ0n) is 16.5. The van der Waals surface area contributed by atoms with E-state index in [4.69, 9.17) is 4.74 Å². The van der Waals surface area contributed by atoms with Crippen LogP contribution >= 0.6 is 0 Å². The van der Waals surface area contributed by atoms with Gasteiger partial charge in [-0.2, -0.15) is 5.10 Å². The highest BCUT2D eigenvalue weighted by molar-refractivity contribution is 6.76. The maximum atomic E-state index is 5.80. The molecule has 0 saturated heterocycles. The Labute approximate surface area is 165 Å². The molecule has 0 radical (unpaired) electrons. The van der Waals surface area contributed by atoms with E-state index in [0.29, 0.717) is 6.61 Å². The van der Waals surface area contributed by atoms with Crippen molar-refractivity contribution < 1.29 is 4.74 Å². The molecule has 4 aromatic rings. The first kappa shape index (κ1) is 18.6. The van der Waals surface area contributed by atoms with Crippen LogP contribution in [0.5, 0.6) is 0 Å². The molecule has 0 amide bonds. The average molecular weight is 392 g/mol. The Morgan fingerprint density at radius 3 is 2.61 bits per heavy atom. The van der Waals surface area contributed by atoms with Crippen LogP contribution in [0.15, 0.2) is 55.1 Å². The molecule has 3 aromatic heterocycles. The van der Waals surface area contributed by atoms with Crippen LogP contribution in [0.2, 0.25) is 25.7 Å². The summed E-state index contributed by atoms with van der Waals surface area (Å²) in [4.78, 5) is 12.3. The lowest BCUT2D eigenvalue weighted by molar-refractivity contribution is 0.131. The number of H-pyrrole nitrogens is 1. The van der Waals surface area contributed by atoms with Crippen molar-refractivity contribution in [1.82, 2.24) is 24.6 Å².